The molecule has 24 heavy (non-hydrogen) atoms. The van der Waals surface area contributed by atoms with Gasteiger partial charge in [-0.1, -0.05) is 18.2 Å². The third kappa shape index (κ3) is 5.22. The molecule has 6 heteroatoms. The first-order valence-corrected chi connectivity index (χ1v) is 7.91. The average Bonchev–Trinajstić information content (AvgIpc) is 2.54. The summed E-state index contributed by atoms with van der Waals surface area (Å²) in [6.45, 7) is 6.47. The smallest absolute Gasteiger partial charge is 0.272 e. The Morgan fingerprint density at radius 3 is 2.50 bits per heavy atom. The maximum atomic E-state index is 12.0. The Balaban J connectivity index is 1.89. The summed E-state index contributed by atoms with van der Waals surface area (Å²) in [5, 5.41) is 14.1. The second kappa shape index (κ2) is 7.77. The molecule has 2 rings (SSSR count). The molecule has 0 atom stereocenters. The van der Waals surface area contributed by atoms with Crippen molar-refractivity contribution in [3.8, 4) is 5.75 Å². The molecule has 6 nitrogen and oxygen atoms in total. The first-order chi connectivity index (χ1) is 11.4. The number of para-hydroxylation sites is 1. The van der Waals surface area contributed by atoms with Gasteiger partial charge in [0.15, 0.2) is 5.69 Å². The first-order valence-electron chi connectivity index (χ1n) is 7.91. The lowest BCUT2D eigenvalue weighted by Crippen LogP contribution is -2.41. The number of methoxy groups -OCH3 is 1. The Morgan fingerprint density at radius 2 is 1.88 bits per heavy atom. The lowest BCUT2D eigenvalue weighted by Gasteiger charge is -2.19. The van der Waals surface area contributed by atoms with Gasteiger partial charge < -0.3 is 15.4 Å². The fourth-order valence-corrected chi connectivity index (χ4v) is 2.19. The molecular weight excluding hydrogens is 304 g/mol. The summed E-state index contributed by atoms with van der Waals surface area (Å²) in [5.41, 5.74) is 1.13. The van der Waals surface area contributed by atoms with Crippen LogP contribution in [-0.2, 0) is 6.42 Å². The number of hydrogen-bond donors (Lipinski definition) is 2. The van der Waals surface area contributed by atoms with E-state index in [1.54, 1.807) is 19.2 Å². The van der Waals surface area contributed by atoms with Crippen LogP contribution in [0.3, 0.4) is 0 Å². The number of rotatable bonds is 6. The van der Waals surface area contributed by atoms with Crippen LogP contribution in [0.2, 0.25) is 0 Å². The van der Waals surface area contributed by atoms with Crippen LogP contribution >= 0.6 is 0 Å². The third-order valence-corrected chi connectivity index (χ3v) is 3.28. The minimum atomic E-state index is -0.301. The van der Waals surface area contributed by atoms with Gasteiger partial charge in [-0.15, -0.1) is 10.2 Å². The quantitative estimate of drug-likeness (QED) is 0.852. The molecule has 0 aliphatic rings. The molecule has 0 unspecified atom stereocenters. The van der Waals surface area contributed by atoms with Gasteiger partial charge in [-0.05, 0) is 51.0 Å². The van der Waals surface area contributed by atoms with E-state index >= 15 is 0 Å². The van der Waals surface area contributed by atoms with Gasteiger partial charge in [0.2, 0.25) is 0 Å². The van der Waals surface area contributed by atoms with E-state index in [1.807, 2.05) is 45.0 Å². The third-order valence-electron chi connectivity index (χ3n) is 3.28. The molecule has 0 fully saturated rings. The van der Waals surface area contributed by atoms with Gasteiger partial charge in [0.05, 0.1) is 7.11 Å². The average molecular weight is 328 g/mol. The zero-order chi connectivity index (χ0) is 17.6. The summed E-state index contributed by atoms with van der Waals surface area (Å²) >= 11 is 0. The zero-order valence-electron chi connectivity index (χ0n) is 14.6. The van der Waals surface area contributed by atoms with Crippen LogP contribution in [-0.4, -0.2) is 35.3 Å². The van der Waals surface area contributed by atoms with Crippen LogP contribution in [0.25, 0.3) is 0 Å². The van der Waals surface area contributed by atoms with Crippen molar-refractivity contribution in [1.82, 2.24) is 15.5 Å². The van der Waals surface area contributed by atoms with Crippen molar-refractivity contribution in [2.75, 3.05) is 19.0 Å². The highest BCUT2D eigenvalue weighted by Gasteiger charge is 2.16. The fraction of sp³-hybridized carbons (Fsp3) is 0.389. The molecule has 0 spiro atoms. The van der Waals surface area contributed by atoms with Crippen molar-refractivity contribution in [3.63, 3.8) is 0 Å². The number of nitrogens with zero attached hydrogens (tertiary/aromatic N) is 2. The van der Waals surface area contributed by atoms with Crippen LogP contribution in [0.15, 0.2) is 36.4 Å². The van der Waals surface area contributed by atoms with Crippen molar-refractivity contribution in [1.29, 1.82) is 0 Å². The number of nitrogens with one attached hydrogen (secondary N) is 2. The van der Waals surface area contributed by atoms with Crippen LogP contribution < -0.4 is 15.4 Å². The van der Waals surface area contributed by atoms with E-state index < -0.39 is 0 Å². The maximum absolute atomic E-state index is 12.0. The summed E-state index contributed by atoms with van der Waals surface area (Å²) in [6, 6.07) is 11.3. The Bertz CT molecular complexity index is 678. The van der Waals surface area contributed by atoms with Gasteiger partial charge in [0, 0.05) is 12.1 Å². The van der Waals surface area contributed by atoms with Crippen LogP contribution in [0, 0.1) is 0 Å². The summed E-state index contributed by atoms with van der Waals surface area (Å²) in [6.07, 6.45) is 0.804. The summed E-state index contributed by atoms with van der Waals surface area (Å²) < 4.78 is 5.33. The van der Waals surface area contributed by atoms with E-state index in [2.05, 4.69) is 20.8 Å². The summed E-state index contributed by atoms with van der Waals surface area (Å²) in [5.74, 6) is 1.28. The minimum absolute atomic E-state index is 0.226. The number of ether oxygens (including phenoxy) is 1. The Morgan fingerprint density at radius 1 is 1.12 bits per heavy atom. The molecule has 1 heterocycles. The second-order valence-electron chi connectivity index (χ2n) is 6.50. The first kappa shape index (κ1) is 17.7. The maximum Gasteiger partial charge on any atom is 0.272 e. The molecule has 2 aromatic rings. The van der Waals surface area contributed by atoms with E-state index in [1.165, 1.54) is 0 Å². The van der Waals surface area contributed by atoms with E-state index in [0.717, 1.165) is 17.7 Å². The number of aromatic nitrogens is 2. The van der Waals surface area contributed by atoms with Gasteiger partial charge in [0.25, 0.3) is 5.91 Å². The van der Waals surface area contributed by atoms with Crippen LogP contribution in [0.4, 0.5) is 5.82 Å². The zero-order valence-corrected chi connectivity index (χ0v) is 14.6. The molecular formula is C18H24N4O2. The highest BCUT2D eigenvalue weighted by atomic mass is 16.5. The molecule has 128 valence electrons. The Kier molecular flexibility index (Phi) is 5.73. The molecule has 2 N–H and O–H groups in total. The van der Waals surface area contributed by atoms with E-state index in [9.17, 15) is 4.79 Å². The number of hydrogen-bond acceptors (Lipinski definition) is 5. The van der Waals surface area contributed by atoms with Gasteiger partial charge >= 0.3 is 0 Å². The summed E-state index contributed by atoms with van der Waals surface area (Å²) in [7, 11) is 1.67. The Hall–Kier alpha value is -2.63. The highest BCUT2D eigenvalue weighted by Crippen LogP contribution is 2.17. The van der Waals surface area contributed by atoms with E-state index in [0.29, 0.717) is 18.1 Å². The van der Waals surface area contributed by atoms with E-state index in [-0.39, 0.29) is 11.4 Å². The van der Waals surface area contributed by atoms with Gasteiger partial charge in [-0.3, -0.25) is 4.79 Å². The van der Waals surface area contributed by atoms with Crippen molar-refractivity contribution in [2.45, 2.75) is 32.7 Å². The molecule has 1 aromatic heterocycles. The van der Waals surface area contributed by atoms with Crippen molar-refractivity contribution in [2.24, 2.45) is 0 Å². The second-order valence-corrected chi connectivity index (χ2v) is 6.50. The Labute approximate surface area is 142 Å². The normalized spacial score (nSPS) is 11.0. The summed E-state index contributed by atoms with van der Waals surface area (Å²) in [4.78, 5) is 12.0. The van der Waals surface area contributed by atoms with Gasteiger partial charge in [-0.2, -0.15) is 0 Å². The number of anilines is 1. The molecule has 0 radical (unpaired) electrons. The predicted octanol–water partition coefficient (Wildman–Crippen LogP) is 2.67. The number of carbonyl (C=O) groups excluding carboxylic acids is 1. The van der Waals surface area contributed by atoms with Crippen molar-refractivity contribution >= 4 is 11.7 Å². The van der Waals surface area contributed by atoms with Crippen LogP contribution in [0.1, 0.15) is 36.8 Å². The van der Waals surface area contributed by atoms with Crippen molar-refractivity contribution < 1.29 is 9.53 Å². The molecule has 0 saturated heterocycles. The molecule has 0 bridgehead atoms. The minimum Gasteiger partial charge on any atom is -0.496 e. The number of amides is 1. The molecule has 1 amide bonds. The predicted molar refractivity (Wildman–Crippen MR) is 94.4 cm³/mol. The molecule has 1 aromatic carbocycles. The standard InChI is InChI=1S/C18H24N4O2/c1-18(2,3)20-17(23)14-9-10-16(22-21-14)19-12-11-13-7-5-6-8-15(13)24-4/h5-10H,11-12H2,1-4H3,(H,19,22)(H,20,23). The van der Waals surface area contributed by atoms with E-state index in [4.69, 9.17) is 4.74 Å². The molecule has 0 aliphatic heterocycles. The number of benzene rings is 1. The largest absolute Gasteiger partial charge is 0.496 e. The number of carbonyl (C=O) groups is 1. The molecule has 0 aliphatic carbocycles. The van der Waals surface area contributed by atoms with Crippen LogP contribution in [0.5, 0.6) is 5.75 Å². The van der Waals surface area contributed by atoms with Crippen molar-refractivity contribution in [3.05, 3.63) is 47.7 Å². The highest BCUT2D eigenvalue weighted by molar-refractivity contribution is 5.92. The van der Waals surface area contributed by atoms with Gasteiger partial charge in [-0.25, -0.2) is 0 Å². The monoisotopic (exact) mass is 328 g/mol. The topological polar surface area (TPSA) is 76.1 Å². The fourth-order valence-electron chi connectivity index (χ4n) is 2.19. The molecule has 0 saturated carbocycles. The lowest BCUT2D eigenvalue weighted by molar-refractivity contribution is 0.0913. The lowest BCUT2D eigenvalue weighted by atomic mass is 10.1. The van der Waals surface area contributed by atoms with Gasteiger partial charge in [0.1, 0.15) is 11.6 Å². The SMILES string of the molecule is COc1ccccc1CCNc1ccc(C(=O)NC(C)(C)C)nn1.